The van der Waals surface area contributed by atoms with E-state index < -0.39 is 0 Å². The van der Waals surface area contributed by atoms with Crippen molar-refractivity contribution in [1.82, 2.24) is 15.6 Å². The van der Waals surface area contributed by atoms with Crippen LogP contribution in [0.25, 0.3) is 0 Å². The van der Waals surface area contributed by atoms with Gasteiger partial charge in [-0.3, -0.25) is 4.99 Å². The zero-order chi connectivity index (χ0) is 15.1. The van der Waals surface area contributed by atoms with Crippen molar-refractivity contribution < 1.29 is 0 Å². The first-order chi connectivity index (χ1) is 10.2. The molecule has 6 heteroatoms. The summed E-state index contributed by atoms with van der Waals surface area (Å²) >= 11 is 3.74. The molecule has 0 saturated heterocycles. The fourth-order valence-electron chi connectivity index (χ4n) is 2.64. The summed E-state index contributed by atoms with van der Waals surface area (Å²) in [6, 6.07) is 0.579. The van der Waals surface area contributed by atoms with Crippen LogP contribution in [0.5, 0.6) is 0 Å². The van der Waals surface area contributed by atoms with E-state index in [1.807, 2.05) is 25.7 Å². The molecule has 2 N–H and O–H groups in total. The van der Waals surface area contributed by atoms with Crippen LogP contribution in [0.4, 0.5) is 0 Å². The predicted molar refractivity (Wildman–Crippen MR) is 94.6 cm³/mol. The number of nitrogens with zero attached hydrogens (tertiary/aromatic N) is 2. The maximum Gasteiger partial charge on any atom is 0.191 e. The molecule has 2 rings (SSSR count). The number of thioether (sulfide) groups is 1. The van der Waals surface area contributed by atoms with E-state index in [9.17, 15) is 0 Å². The van der Waals surface area contributed by atoms with E-state index in [1.54, 1.807) is 11.3 Å². The fraction of sp³-hybridized carbons (Fsp3) is 0.733. The maximum atomic E-state index is 4.49. The summed E-state index contributed by atoms with van der Waals surface area (Å²) in [5.41, 5.74) is 1.13. The number of hydrogen-bond acceptors (Lipinski definition) is 4. The third-order valence-corrected chi connectivity index (χ3v) is 5.93. The van der Waals surface area contributed by atoms with Gasteiger partial charge in [0.2, 0.25) is 0 Å². The number of aliphatic imine (C=N–C) groups is 1. The average Bonchev–Trinajstić information content (AvgIpc) is 3.11. The van der Waals surface area contributed by atoms with Crippen molar-refractivity contribution in [3.63, 3.8) is 0 Å². The maximum absolute atomic E-state index is 4.49. The summed E-state index contributed by atoms with van der Waals surface area (Å²) in [5, 5.41) is 11.1. The Bertz CT molecular complexity index is 458. The molecule has 0 amide bonds. The Hall–Kier alpha value is -0.750. The van der Waals surface area contributed by atoms with Crippen LogP contribution in [-0.4, -0.2) is 42.1 Å². The molecule has 1 aromatic rings. The largest absolute Gasteiger partial charge is 0.356 e. The van der Waals surface area contributed by atoms with Gasteiger partial charge in [0.05, 0.1) is 5.01 Å². The molecule has 21 heavy (non-hydrogen) atoms. The lowest BCUT2D eigenvalue weighted by atomic mass is 10.2. The van der Waals surface area contributed by atoms with Crippen LogP contribution < -0.4 is 10.6 Å². The molecule has 2 unspecified atom stereocenters. The molecule has 1 aliphatic carbocycles. The SMILES string of the molecule is CN=C(NCCCc1nc(C)cs1)NC1CCC(SC)C1. The average molecular weight is 327 g/mol. The second kappa shape index (κ2) is 8.63. The molecule has 118 valence electrons. The molecular weight excluding hydrogens is 300 g/mol. The number of nitrogens with one attached hydrogen (secondary N) is 2. The van der Waals surface area contributed by atoms with Gasteiger partial charge in [-0.2, -0.15) is 11.8 Å². The minimum absolute atomic E-state index is 0.579. The first-order valence-electron chi connectivity index (χ1n) is 7.62. The van der Waals surface area contributed by atoms with Crippen molar-refractivity contribution >= 4 is 29.1 Å². The van der Waals surface area contributed by atoms with Gasteiger partial charge in [-0.1, -0.05) is 0 Å². The van der Waals surface area contributed by atoms with E-state index in [1.165, 1.54) is 24.3 Å². The number of rotatable bonds is 6. The lowest BCUT2D eigenvalue weighted by molar-refractivity contribution is 0.611. The highest BCUT2D eigenvalue weighted by Gasteiger charge is 2.24. The predicted octanol–water partition coefficient (Wildman–Crippen LogP) is 2.83. The third kappa shape index (κ3) is 5.51. The van der Waals surface area contributed by atoms with Crippen molar-refractivity contribution in [2.24, 2.45) is 4.99 Å². The summed E-state index contributed by atoms with van der Waals surface area (Å²) in [6.45, 7) is 2.99. The minimum atomic E-state index is 0.579. The van der Waals surface area contributed by atoms with E-state index in [0.717, 1.165) is 36.3 Å². The quantitative estimate of drug-likeness (QED) is 0.479. The summed E-state index contributed by atoms with van der Waals surface area (Å²) in [7, 11) is 1.85. The fourth-order valence-corrected chi connectivity index (χ4v) is 4.25. The van der Waals surface area contributed by atoms with Crippen LogP contribution in [0.2, 0.25) is 0 Å². The first kappa shape index (κ1) is 16.6. The normalized spacial score (nSPS) is 22.5. The van der Waals surface area contributed by atoms with Gasteiger partial charge < -0.3 is 10.6 Å². The van der Waals surface area contributed by atoms with E-state index >= 15 is 0 Å². The third-order valence-electron chi connectivity index (χ3n) is 3.81. The highest BCUT2D eigenvalue weighted by atomic mass is 32.2. The number of aryl methyl sites for hydroxylation is 2. The Morgan fingerprint density at radius 1 is 1.52 bits per heavy atom. The molecule has 0 aliphatic heterocycles. The Balaban J connectivity index is 1.64. The van der Waals surface area contributed by atoms with Crippen LogP contribution in [-0.2, 0) is 6.42 Å². The summed E-state index contributed by atoms with van der Waals surface area (Å²) < 4.78 is 0. The van der Waals surface area contributed by atoms with Gasteiger partial charge in [0.15, 0.2) is 5.96 Å². The number of thiazole rings is 1. The van der Waals surface area contributed by atoms with Crippen LogP contribution in [0.1, 0.15) is 36.4 Å². The Kier molecular flexibility index (Phi) is 6.83. The van der Waals surface area contributed by atoms with Crippen molar-refractivity contribution in [3.05, 3.63) is 16.1 Å². The molecule has 1 saturated carbocycles. The van der Waals surface area contributed by atoms with Crippen molar-refractivity contribution in [3.8, 4) is 0 Å². The Labute approximate surface area is 136 Å². The highest BCUT2D eigenvalue weighted by molar-refractivity contribution is 7.99. The second-order valence-electron chi connectivity index (χ2n) is 5.50. The number of aromatic nitrogens is 1. The van der Waals surface area contributed by atoms with Crippen molar-refractivity contribution in [2.75, 3.05) is 19.8 Å². The second-order valence-corrected chi connectivity index (χ2v) is 7.58. The van der Waals surface area contributed by atoms with E-state index in [0.29, 0.717) is 6.04 Å². The van der Waals surface area contributed by atoms with Crippen molar-refractivity contribution in [1.29, 1.82) is 0 Å². The number of hydrogen-bond donors (Lipinski definition) is 2. The van der Waals surface area contributed by atoms with Crippen molar-refractivity contribution in [2.45, 2.75) is 50.3 Å². The van der Waals surface area contributed by atoms with Gasteiger partial charge in [-0.15, -0.1) is 11.3 Å². The monoisotopic (exact) mass is 326 g/mol. The highest BCUT2D eigenvalue weighted by Crippen LogP contribution is 2.27. The molecule has 0 bridgehead atoms. The molecule has 0 radical (unpaired) electrons. The van der Waals surface area contributed by atoms with Crippen LogP contribution in [0.3, 0.4) is 0 Å². The molecule has 0 spiro atoms. The molecule has 1 aliphatic rings. The van der Waals surface area contributed by atoms with Gasteiger partial charge in [-0.25, -0.2) is 4.98 Å². The zero-order valence-corrected chi connectivity index (χ0v) is 14.8. The molecule has 2 atom stereocenters. The standard InChI is InChI=1S/C15H26N4S2/c1-11-10-21-14(18-11)5-4-8-17-15(16-2)19-12-6-7-13(9-12)20-3/h10,12-13H,4-9H2,1-3H3,(H2,16,17,19). The van der Waals surface area contributed by atoms with Gasteiger partial charge in [0.25, 0.3) is 0 Å². The Morgan fingerprint density at radius 3 is 3.00 bits per heavy atom. The lowest BCUT2D eigenvalue weighted by Crippen LogP contribution is -2.42. The molecule has 1 aromatic heterocycles. The number of guanidine groups is 1. The van der Waals surface area contributed by atoms with Gasteiger partial charge in [-0.05, 0) is 38.9 Å². The van der Waals surface area contributed by atoms with Crippen LogP contribution in [0, 0.1) is 6.92 Å². The van der Waals surface area contributed by atoms with Crippen LogP contribution >= 0.6 is 23.1 Å². The smallest absolute Gasteiger partial charge is 0.191 e. The molecule has 1 heterocycles. The van der Waals surface area contributed by atoms with Gasteiger partial charge >= 0.3 is 0 Å². The van der Waals surface area contributed by atoms with Crippen LogP contribution in [0.15, 0.2) is 10.4 Å². The molecule has 4 nitrogen and oxygen atoms in total. The van der Waals surface area contributed by atoms with Gasteiger partial charge in [0.1, 0.15) is 0 Å². The molecule has 0 aromatic carbocycles. The lowest BCUT2D eigenvalue weighted by Gasteiger charge is -2.17. The first-order valence-corrected chi connectivity index (χ1v) is 9.79. The van der Waals surface area contributed by atoms with E-state index in [4.69, 9.17) is 0 Å². The summed E-state index contributed by atoms with van der Waals surface area (Å²) in [4.78, 5) is 8.82. The molecule has 1 fully saturated rings. The zero-order valence-electron chi connectivity index (χ0n) is 13.2. The van der Waals surface area contributed by atoms with Gasteiger partial charge in [0, 0.05) is 42.4 Å². The summed E-state index contributed by atoms with van der Waals surface area (Å²) in [6.07, 6.45) is 8.16. The minimum Gasteiger partial charge on any atom is -0.356 e. The molecular formula is C15H26N4S2. The Morgan fingerprint density at radius 2 is 2.38 bits per heavy atom. The van der Waals surface area contributed by atoms with E-state index in [2.05, 4.69) is 32.2 Å². The summed E-state index contributed by atoms with van der Waals surface area (Å²) in [5.74, 6) is 0.942. The topological polar surface area (TPSA) is 49.3 Å². The van der Waals surface area contributed by atoms with E-state index in [-0.39, 0.29) is 0 Å².